The molecular weight excluding hydrogens is 382 g/mol. The largest absolute Gasteiger partial charge is 0.390 e. The van der Waals surface area contributed by atoms with Gasteiger partial charge < -0.3 is 19.7 Å². The van der Waals surface area contributed by atoms with Gasteiger partial charge in [-0.05, 0) is 25.7 Å². The Bertz CT molecular complexity index is 1020. The molecule has 1 aliphatic heterocycles. The summed E-state index contributed by atoms with van der Waals surface area (Å²) in [6, 6.07) is 1.99. The summed E-state index contributed by atoms with van der Waals surface area (Å²) in [5.74, 6) is 1.77. The van der Waals surface area contributed by atoms with Crippen molar-refractivity contribution in [3.8, 4) is 11.5 Å². The first-order valence-corrected chi connectivity index (χ1v) is 10.8. The zero-order valence-electron chi connectivity index (χ0n) is 17.4. The van der Waals surface area contributed by atoms with E-state index in [9.17, 15) is 5.11 Å². The molecule has 1 aliphatic carbocycles. The number of fused-ring (bicyclic) bond motifs is 2. The Hall–Kier alpha value is -2.49. The van der Waals surface area contributed by atoms with Crippen LogP contribution >= 0.6 is 0 Å². The molecule has 9 heteroatoms. The molecule has 5 rings (SSSR count). The first-order valence-electron chi connectivity index (χ1n) is 10.8. The van der Waals surface area contributed by atoms with E-state index in [-0.39, 0.29) is 0 Å². The van der Waals surface area contributed by atoms with Crippen LogP contribution in [0.2, 0.25) is 0 Å². The lowest BCUT2D eigenvalue weighted by molar-refractivity contribution is 0.0171. The second-order valence-electron chi connectivity index (χ2n) is 8.20. The summed E-state index contributed by atoms with van der Waals surface area (Å²) in [7, 11) is 1.96. The Balaban J connectivity index is 1.43. The summed E-state index contributed by atoms with van der Waals surface area (Å²) in [5, 5.41) is 18.9. The van der Waals surface area contributed by atoms with Crippen LogP contribution < -0.4 is 5.32 Å². The van der Waals surface area contributed by atoms with E-state index in [1.165, 1.54) is 5.56 Å². The molecule has 1 atom stereocenters. The van der Waals surface area contributed by atoms with E-state index in [1.807, 2.05) is 28.4 Å². The second-order valence-corrected chi connectivity index (χ2v) is 8.20. The smallest absolute Gasteiger partial charge is 0.160 e. The lowest BCUT2D eigenvalue weighted by Crippen LogP contribution is -2.42. The molecule has 1 saturated heterocycles. The van der Waals surface area contributed by atoms with E-state index in [2.05, 4.69) is 15.2 Å². The molecule has 3 aromatic heterocycles. The fourth-order valence-corrected chi connectivity index (χ4v) is 4.41. The quantitative estimate of drug-likeness (QED) is 0.628. The molecule has 160 valence electrons. The molecule has 0 radical (unpaired) electrons. The number of nitrogens with zero attached hydrogens (tertiary/aromatic N) is 6. The third-order valence-electron chi connectivity index (χ3n) is 6.00. The molecule has 0 bridgehead atoms. The number of nitrogens with one attached hydrogen (secondary N) is 1. The van der Waals surface area contributed by atoms with E-state index in [1.54, 1.807) is 6.20 Å². The van der Waals surface area contributed by atoms with Crippen molar-refractivity contribution in [1.82, 2.24) is 29.0 Å². The lowest BCUT2D eigenvalue weighted by atomic mass is 9.96. The van der Waals surface area contributed by atoms with Gasteiger partial charge in [-0.15, -0.1) is 0 Å². The minimum absolute atomic E-state index is 0.463. The molecule has 4 heterocycles. The van der Waals surface area contributed by atoms with Crippen molar-refractivity contribution < 1.29 is 9.84 Å². The number of morpholine rings is 1. The molecule has 2 aliphatic rings. The summed E-state index contributed by atoms with van der Waals surface area (Å²) < 4.78 is 9.24. The molecule has 0 spiro atoms. The summed E-state index contributed by atoms with van der Waals surface area (Å²) in [6.45, 7) is 4.34. The summed E-state index contributed by atoms with van der Waals surface area (Å²) in [4.78, 5) is 11.6. The summed E-state index contributed by atoms with van der Waals surface area (Å²) in [5.41, 5.74) is 3.99. The molecule has 0 amide bonds. The highest BCUT2D eigenvalue weighted by atomic mass is 16.5. The standard InChI is InChI=1S/C21H29N7O2/c1-26-7-6-22-21(26)18-12-19-24-17-5-3-2-4-16(17)20(28(19)25-18)23-13-15(29)14-27-8-10-30-11-9-27/h6-7,12,15,23,29H,2-5,8-11,13-14H2,1H3/t15-/m1/s1. The molecule has 1 fully saturated rings. The van der Waals surface area contributed by atoms with Crippen molar-refractivity contribution in [2.75, 3.05) is 44.7 Å². The van der Waals surface area contributed by atoms with E-state index >= 15 is 0 Å². The van der Waals surface area contributed by atoms with Crippen molar-refractivity contribution in [2.24, 2.45) is 7.05 Å². The van der Waals surface area contributed by atoms with Gasteiger partial charge in [0.1, 0.15) is 11.5 Å². The molecule has 0 aromatic carbocycles. The minimum atomic E-state index is -0.463. The molecule has 2 N–H and O–H groups in total. The maximum absolute atomic E-state index is 10.6. The average Bonchev–Trinajstić information content (AvgIpc) is 3.37. The van der Waals surface area contributed by atoms with Crippen LogP contribution in [0.25, 0.3) is 17.2 Å². The van der Waals surface area contributed by atoms with Crippen LogP contribution in [0.3, 0.4) is 0 Å². The third kappa shape index (κ3) is 3.80. The minimum Gasteiger partial charge on any atom is -0.390 e. The van der Waals surface area contributed by atoms with Crippen LogP contribution in [0, 0.1) is 0 Å². The molecule has 0 unspecified atom stereocenters. The summed E-state index contributed by atoms with van der Waals surface area (Å²) >= 11 is 0. The Kier molecular flexibility index (Phi) is 5.41. The zero-order valence-corrected chi connectivity index (χ0v) is 17.4. The van der Waals surface area contributed by atoms with Crippen LogP contribution in [0.15, 0.2) is 18.5 Å². The lowest BCUT2D eigenvalue weighted by Gasteiger charge is -2.29. The van der Waals surface area contributed by atoms with Crippen molar-refractivity contribution in [2.45, 2.75) is 31.8 Å². The summed E-state index contributed by atoms with van der Waals surface area (Å²) in [6.07, 6.45) is 7.51. The number of aliphatic hydroxyl groups is 1. The molecule has 3 aromatic rings. The van der Waals surface area contributed by atoms with Gasteiger partial charge in [-0.3, -0.25) is 4.90 Å². The number of aliphatic hydroxyl groups excluding tert-OH is 1. The van der Waals surface area contributed by atoms with Gasteiger partial charge in [0.15, 0.2) is 11.5 Å². The van der Waals surface area contributed by atoms with Crippen LogP contribution in [0.1, 0.15) is 24.1 Å². The van der Waals surface area contributed by atoms with Gasteiger partial charge >= 0.3 is 0 Å². The Morgan fingerprint density at radius 1 is 1.23 bits per heavy atom. The maximum atomic E-state index is 10.6. The first-order chi connectivity index (χ1) is 14.7. The van der Waals surface area contributed by atoms with E-state index < -0.39 is 6.10 Å². The predicted octanol–water partition coefficient (Wildman–Crippen LogP) is 1.11. The normalized spacial score (nSPS) is 18.5. The molecule has 0 saturated carbocycles. The number of aryl methyl sites for hydroxylation is 2. The van der Waals surface area contributed by atoms with Gasteiger partial charge in [-0.2, -0.15) is 9.61 Å². The van der Waals surface area contributed by atoms with Crippen LogP contribution in [0.5, 0.6) is 0 Å². The van der Waals surface area contributed by atoms with Crippen molar-refractivity contribution in [3.05, 3.63) is 29.7 Å². The predicted molar refractivity (Wildman–Crippen MR) is 114 cm³/mol. The van der Waals surface area contributed by atoms with Gasteiger partial charge in [-0.1, -0.05) is 0 Å². The number of anilines is 1. The van der Waals surface area contributed by atoms with Gasteiger partial charge in [0, 0.05) is 62.9 Å². The van der Waals surface area contributed by atoms with Crippen molar-refractivity contribution in [3.63, 3.8) is 0 Å². The zero-order chi connectivity index (χ0) is 20.5. The van der Waals surface area contributed by atoms with Gasteiger partial charge in [0.2, 0.25) is 0 Å². The van der Waals surface area contributed by atoms with Crippen LogP contribution in [-0.4, -0.2) is 79.7 Å². The Labute approximate surface area is 175 Å². The fraction of sp³-hybridized carbons (Fsp3) is 0.571. The first kappa shape index (κ1) is 19.5. The number of rotatable bonds is 6. The molecule has 30 heavy (non-hydrogen) atoms. The van der Waals surface area contributed by atoms with Crippen LogP contribution in [0.4, 0.5) is 5.82 Å². The van der Waals surface area contributed by atoms with E-state index in [4.69, 9.17) is 14.8 Å². The Morgan fingerprint density at radius 2 is 2.07 bits per heavy atom. The number of hydrogen-bond donors (Lipinski definition) is 2. The van der Waals surface area contributed by atoms with E-state index in [0.717, 1.165) is 80.7 Å². The Morgan fingerprint density at radius 3 is 2.87 bits per heavy atom. The van der Waals surface area contributed by atoms with Gasteiger partial charge in [0.25, 0.3) is 0 Å². The number of imidazole rings is 1. The van der Waals surface area contributed by atoms with Crippen LogP contribution in [-0.2, 0) is 24.6 Å². The molecular formula is C21H29N7O2. The molecule has 9 nitrogen and oxygen atoms in total. The monoisotopic (exact) mass is 411 g/mol. The van der Waals surface area contributed by atoms with Gasteiger partial charge in [-0.25, -0.2) is 9.97 Å². The maximum Gasteiger partial charge on any atom is 0.160 e. The van der Waals surface area contributed by atoms with Crippen molar-refractivity contribution >= 4 is 11.5 Å². The average molecular weight is 412 g/mol. The highest BCUT2D eigenvalue weighted by Gasteiger charge is 2.22. The highest BCUT2D eigenvalue weighted by Crippen LogP contribution is 2.29. The number of aromatic nitrogens is 5. The number of hydrogen-bond acceptors (Lipinski definition) is 7. The number of ether oxygens (including phenoxy) is 1. The number of β-amino-alcohol motifs (C(OH)–C–C–N with tert-alkyl or cyclic N) is 1. The van der Waals surface area contributed by atoms with Crippen molar-refractivity contribution in [1.29, 1.82) is 0 Å². The SMILES string of the molecule is Cn1ccnc1-c1cc2nc3c(c(NC[C@@H](O)CN4CCOCC4)n2n1)CCCC3. The second kappa shape index (κ2) is 8.33. The third-order valence-corrected chi connectivity index (χ3v) is 6.00. The van der Waals surface area contributed by atoms with Gasteiger partial charge in [0.05, 0.1) is 19.3 Å². The topological polar surface area (TPSA) is 92.7 Å². The fourth-order valence-electron chi connectivity index (χ4n) is 4.41. The highest BCUT2D eigenvalue weighted by molar-refractivity contribution is 5.63. The van der Waals surface area contributed by atoms with E-state index in [0.29, 0.717) is 13.1 Å².